The van der Waals surface area contributed by atoms with Gasteiger partial charge in [-0.2, -0.15) is 0 Å². The molecule has 0 saturated carbocycles. The van der Waals surface area contributed by atoms with Crippen molar-refractivity contribution < 1.29 is 8.83 Å². The number of fused-ring (bicyclic) bond motifs is 19. The van der Waals surface area contributed by atoms with Gasteiger partial charge in [0.2, 0.25) is 0 Å². The van der Waals surface area contributed by atoms with Crippen LogP contribution in [0.2, 0.25) is 0 Å². The van der Waals surface area contributed by atoms with Gasteiger partial charge in [0.25, 0.3) is 0 Å². The predicted molar refractivity (Wildman–Crippen MR) is 297 cm³/mol. The molecule has 0 bridgehead atoms. The molecule has 0 atom stereocenters. The normalized spacial score (nSPS) is 15.5. The number of benzene rings is 9. The Morgan fingerprint density at radius 3 is 1.55 bits per heavy atom. The second-order valence-corrected chi connectivity index (χ2v) is 23.3. The molecule has 0 unspecified atom stereocenters. The van der Waals surface area contributed by atoms with Crippen molar-refractivity contribution in [3.05, 3.63) is 208 Å². The molecule has 3 nitrogen and oxygen atoms in total. The Morgan fingerprint density at radius 2 is 0.887 bits per heavy atom. The minimum absolute atomic E-state index is 0.0571. The third-order valence-corrected chi connectivity index (χ3v) is 17.0. The Hall–Kier alpha value is -7.62. The average molecular weight is 920 g/mol. The molecule has 0 fully saturated rings. The first kappa shape index (κ1) is 42.3. The van der Waals surface area contributed by atoms with Crippen LogP contribution >= 0.6 is 0 Å². The van der Waals surface area contributed by atoms with Gasteiger partial charge in [-0.25, -0.2) is 0 Å². The number of anilines is 3. The van der Waals surface area contributed by atoms with Crippen molar-refractivity contribution in [2.75, 3.05) is 4.90 Å². The van der Waals surface area contributed by atoms with Gasteiger partial charge in [0.15, 0.2) is 0 Å². The summed E-state index contributed by atoms with van der Waals surface area (Å²) in [7, 11) is 0. The van der Waals surface area contributed by atoms with Gasteiger partial charge in [0.05, 0.1) is 0 Å². The summed E-state index contributed by atoms with van der Waals surface area (Å²) >= 11 is 0. The van der Waals surface area contributed by atoms with E-state index in [0.29, 0.717) is 0 Å². The Labute approximate surface area is 416 Å². The fourth-order valence-electron chi connectivity index (χ4n) is 13.6. The number of para-hydroxylation sites is 2. The molecule has 3 aliphatic carbocycles. The van der Waals surface area contributed by atoms with Crippen LogP contribution in [0.4, 0.5) is 17.1 Å². The van der Waals surface area contributed by atoms with Crippen molar-refractivity contribution in [2.24, 2.45) is 0 Å². The van der Waals surface area contributed by atoms with Crippen molar-refractivity contribution >= 4 is 60.9 Å². The maximum absolute atomic E-state index is 7.05. The highest BCUT2D eigenvalue weighted by Gasteiger charge is 2.49. The molecule has 2 heterocycles. The van der Waals surface area contributed by atoms with Crippen LogP contribution in [0.15, 0.2) is 173 Å². The van der Waals surface area contributed by atoms with Crippen LogP contribution in [0, 0.1) is 6.92 Å². The fourth-order valence-corrected chi connectivity index (χ4v) is 13.6. The van der Waals surface area contributed by atoms with E-state index in [1.807, 2.05) is 0 Å². The van der Waals surface area contributed by atoms with Crippen molar-refractivity contribution in [2.45, 2.75) is 90.9 Å². The topological polar surface area (TPSA) is 29.5 Å². The van der Waals surface area contributed by atoms with E-state index >= 15 is 0 Å². The highest BCUT2D eigenvalue weighted by atomic mass is 16.3. The maximum atomic E-state index is 7.05. The van der Waals surface area contributed by atoms with E-state index in [4.69, 9.17) is 8.83 Å². The van der Waals surface area contributed by atoms with Crippen molar-refractivity contribution in [3.63, 3.8) is 0 Å². The third-order valence-electron chi connectivity index (χ3n) is 17.0. The van der Waals surface area contributed by atoms with E-state index in [1.165, 1.54) is 99.6 Å². The lowest BCUT2D eigenvalue weighted by molar-refractivity contribution is 0.591. The molecule has 0 radical (unpaired) electrons. The van der Waals surface area contributed by atoms with E-state index in [1.54, 1.807) is 0 Å². The van der Waals surface area contributed by atoms with Gasteiger partial charge in [-0.15, -0.1) is 0 Å². The molecule has 0 aliphatic heterocycles. The summed E-state index contributed by atoms with van der Waals surface area (Å²) in [5, 5.41) is 4.76. The van der Waals surface area contributed by atoms with Crippen LogP contribution in [-0.4, -0.2) is 0 Å². The molecular formula is C68H57NO2. The van der Waals surface area contributed by atoms with Gasteiger partial charge in [0.1, 0.15) is 22.3 Å². The van der Waals surface area contributed by atoms with E-state index in [2.05, 4.69) is 238 Å². The van der Waals surface area contributed by atoms with Crippen molar-refractivity contribution in [1.82, 2.24) is 0 Å². The zero-order chi connectivity index (χ0) is 48.7. The molecule has 3 aliphatic rings. The summed E-state index contributed by atoms with van der Waals surface area (Å²) in [5.41, 5.74) is 27.0. The summed E-state index contributed by atoms with van der Waals surface area (Å²) in [5.74, 6) is 0. The molecule has 0 spiro atoms. The predicted octanol–water partition coefficient (Wildman–Crippen LogP) is 19.1. The fraction of sp³-hybridized carbons (Fsp3) is 0.206. The summed E-state index contributed by atoms with van der Waals surface area (Å²) in [6, 6.07) is 61.1. The number of furan rings is 2. The standard InChI is InChI=1S/C68H57NO2/c1-38-27-29-39(30-28-38)69(40-31-33-44-51(35-40)66(5,6)53-37-48(42-19-11-15-23-49(42)65(2,3)4)63-58(56(44)53)46-21-13-17-25-54(46)70-63)41-32-34-45-52(36-41)68(9,10)62-60(45)64-59(47-22-14-18-26-55(47)71-64)57-43-20-12-16-24-50(43)67(7,8)61(57)62/h11-37H,1-10H3. The summed E-state index contributed by atoms with van der Waals surface area (Å²) in [4.78, 5) is 2.48. The number of aryl methyl sites for hydroxylation is 1. The van der Waals surface area contributed by atoms with E-state index < -0.39 is 0 Å². The first-order chi connectivity index (χ1) is 34.0. The van der Waals surface area contributed by atoms with Crippen LogP contribution < -0.4 is 4.90 Å². The highest BCUT2D eigenvalue weighted by molar-refractivity contribution is 6.21. The minimum atomic E-state index is -0.334. The average Bonchev–Trinajstić information content (AvgIpc) is 4.11. The van der Waals surface area contributed by atoms with Gasteiger partial charge in [0, 0.05) is 66.0 Å². The van der Waals surface area contributed by atoms with Gasteiger partial charge in [-0.3, -0.25) is 0 Å². The van der Waals surface area contributed by atoms with Crippen LogP contribution in [0.3, 0.4) is 0 Å². The molecule has 14 rings (SSSR count). The Kier molecular flexibility index (Phi) is 8.36. The van der Waals surface area contributed by atoms with E-state index in [0.717, 1.165) is 50.3 Å². The zero-order valence-corrected chi connectivity index (χ0v) is 42.4. The molecule has 11 aromatic rings. The molecule has 9 aromatic carbocycles. The number of rotatable bonds is 4. The lowest BCUT2D eigenvalue weighted by atomic mass is 9.72. The molecule has 3 heteroatoms. The first-order valence-corrected chi connectivity index (χ1v) is 25.4. The highest BCUT2D eigenvalue weighted by Crippen LogP contribution is 2.64. The second-order valence-electron chi connectivity index (χ2n) is 23.3. The van der Waals surface area contributed by atoms with E-state index in [-0.39, 0.29) is 21.7 Å². The van der Waals surface area contributed by atoms with Gasteiger partial charge >= 0.3 is 0 Å². The molecule has 346 valence electrons. The van der Waals surface area contributed by atoms with Crippen LogP contribution in [0.1, 0.15) is 107 Å². The quantitative estimate of drug-likeness (QED) is 0.176. The summed E-state index contributed by atoms with van der Waals surface area (Å²) < 4.78 is 14.0. The largest absolute Gasteiger partial charge is 0.455 e. The van der Waals surface area contributed by atoms with Gasteiger partial charge in [-0.05, 0) is 139 Å². The molecule has 2 aromatic heterocycles. The summed E-state index contributed by atoms with van der Waals surface area (Å²) in [6.45, 7) is 23.7. The minimum Gasteiger partial charge on any atom is -0.455 e. The molecular weight excluding hydrogens is 863 g/mol. The van der Waals surface area contributed by atoms with Crippen LogP contribution in [-0.2, 0) is 21.7 Å². The van der Waals surface area contributed by atoms with Crippen molar-refractivity contribution in [3.8, 4) is 44.5 Å². The second kappa shape index (κ2) is 14.0. The number of nitrogens with zero attached hydrogens (tertiary/aromatic N) is 1. The Balaban J connectivity index is 0.980. The monoisotopic (exact) mass is 919 g/mol. The lowest BCUT2D eigenvalue weighted by Crippen LogP contribution is -2.24. The smallest absolute Gasteiger partial charge is 0.144 e. The molecule has 0 saturated heterocycles. The summed E-state index contributed by atoms with van der Waals surface area (Å²) in [6.07, 6.45) is 0. The Morgan fingerprint density at radius 1 is 0.394 bits per heavy atom. The van der Waals surface area contributed by atoms with E-state index in [9.17, 15) is 0 Å². The Bertz CT molecular complexity index is 4120. The molecule has 0 amide bonds. The van der Waals surface area contributed by atoms with Crippen molar-refractivity contribution in [1.29, 1.82) is 0 Å². The number of hydrogen-bond donors (Lipinski definition) is 0. The maximum Gasteiger partial charge on any atom is 0.144 e. The third kappa shape index (κ3) is 5.55. The SMILES string of the molecule is Cc1ccc(N(c2ccc3c(c2)C(C)(C)c2cc(-c4ccccc4C(C)(C)C)c4oc5ccccc5c4c2-3)c2ccc3c(c2)C(C)(C)c2c4c(c5c(oc6ccccc65)c2-3)-c2ccccc2C4(C)C)cc1. The number of hydrogen-bond acceptors (Lipinski definition) is 3. The van der Waals surface area contributed by atoms with Crippen LogP contribution in [0.5, 0.6) is 0 Å². The van der Waals surface area contributed by atoms with Crippen LogP contribution in [0.25, 0.3) is 88.4 Å². The van der Waals surface area contributed by atoms with Gasteiger partial charge < -0.3 is 13.7 Å². The lowest BCUT2D eigenvalue weighted by Gasteiger charge is -2.32. The zero-order valence-electron chi connectivity index (χ0n) is 42.4. The van der Waals surface area contributed by atoms with Gasteiger partial charge in [-0.1, -0.05) is 177 Å². The molecule has 0 N–H and O–H groups in total. The molecule has 71 heavy (non-hydrogen) atoms. The first-order valence-electron chi connectivity index (χ1n) is 25.4.